The molecule has 26 heavy (non-hydrogen) atoms. The third kappa shape index (κ3) is 3.16. The van der Waals surface area contributed by atoms with Gasteiger partial charge >= 0.3 is 0 Å². The van der Waals surface area contributed by atoms with Crippen molar-refractivity contribution in [3.63, 3.8) is 0 Å². The van der Waals surface area contributed by atoms with Crippen LogP contribution in [-0.4, -0.2) is 29.8 Å². The fraction of sp³-hybridized carbons (Fsp3) is 0.429. The Morgan fingerprint density at radius 3 is 2.85 bits per heavy atom. The van der Waals surface area contributed by atoms with Gasteiger partial charge in [0.05, 0.1) is 6.54 Å². The fourth-order valence-electron chi connectivity index (χ4n) is 4.01. The number of carbonyl (C=O) groups is 2. The lowest BCUT2D eigenvalue weighted by Gasteiger charge is -2.17. The molecule has 1 aliphatic heterocycles. The van der Waals surface area contributed by atoms with E-state index in [4.69, 9.17) is 0 Å². The number of nitrogens with one attached hydrogen (secondary N) is 1. The summed E-state index contributed by atoms with van der Waals surface area (Å²) in [5, 5.41) is 5.08. The van der Waals surface area contributed by atoms with Crippen molar-refractivity contribution in [3.05, 3.63) is 57.3 Å². The minimum atomic E-state index is 0.00886. The number of hydrogen-bond donors (Lipinski definition) is 1. The third-order valence-electron chi connectivity index (χ3n) is 5.95. The van der Waals surface area contributed by atoms with Crippen molar-refractivity contribution in [2.24, 2.45) is 11.3 Å². The predicted molar refractivity (Wildman–Crippen MR) is 103 cm³/mol. The zero-order valence-electron chi connectivity index (χ0n) is 15.2. The lowest BCUT2D eigenvalue weighted by atomic mass is 10.0. The monoisotopic (exact) mass is 368 g/mol. The van der Waals surface area contributed by atoms with E-state index in [0.717, 1.165) is 30.5 Å². The summed E-state index contributed by atoms with van der Waals surface area (Å²) in [4.78, 5) is 28.4. The van der Waals surface area contributed by atoms with Gasteiger partial charge in [-0.05, 0) is 61.4 Å². The Labute approximate surface area is 158 Å². The Bertz CT molecular complexity index is 846. The number of rotatable bonds is 4. The van der Waals surface area contributed by atoms with Crippen molar-refractivity contribution in [1.29, 1.82) is 0 Å². The van der Waals surface area contributed by atoms with E-state index in [-0.39, 0.29) is 23.1 Å². The molecule has 2 fully saturated rings. The number of likely N-dealkylation sites (tertiary alicyclic amines) is 1. The van der Waals surface area contributed by atoms with Gasteiger partial charge in [0.1, 0.15) is 0 Å². The van der Waals surface area contributed by atoms with Crippen molar-refractivity contribution < 1.29 is 9.59 Å². The molecule has 1 aromatic heterocycles. The normalized spacial score (nSPS) is 24.1. The van der Waals surface area contributed by atoms with Crippen LogP contribution in [-0.2, 0) is 11.3 Å². The predicted octanol–water partition coefficient (Wildman–Crippen LogP) is 3.53. The summed E-state index contributed by atoms with van der Waals surface area (Å²) in [6.07, 6.45) is 1.83. The number of nitrogens with zero attached hydrogens (tertiary/aromatic N) is 1. The summed E-state index contributed by atoms with van der Waals surface area (Å²) in [5.74, 6) is 0.286. The summed E-state index contributed by atoms with van der Waals surface area (Å²) in [7, 11) is 0. The molecule has 5 heteroatoms. The molecule has 2 heterocycles. The van der Waals surface area contributed by atoms with Crippen LogP contribution in [0.3, 0.4) is 0 Å². The summed E-state index contributed by atoms with van der Waals surface area (Å²) in [6.45, 7) is 6.15. The van der Waals surface area contributed by atoms with Crippen LogP contribution >= 0.6 is 11.3 Å². The van der Waals surface area contributed by atoms with E-state index in [1.165, 1.54) is 10.4 Å². The van der Waals surface area contributed by atoms with Gasteiger partial charge in [-0.3, -0.25) is 9.59 Å². The minimum Gasteiger partial charge on any atom is -0.351 e. The van der Waals surface area contributed by atoms with Gasteiger partial charge in [-0.2, -0.15) is 0 Å². The van der Waals surface area contributed by atoms with Crippen molar-refractivity contribution in [3.8, 4) is 0 Å². The van der Waals surface area contributed by atoms with Crippen LogP contribution in [0.15, 0.2) is 35.7 Å². The molecule has 4 rings (SSSR count). The van der Waals surface area contributed by atoms with E-state index in [1.54, 1.807) is 11.3 Å². The molecular formula is C21H24N2O2S. The lowest BCUT2D eigenvalue weighted by Crippen LogP contribution is -2.31. The van der Waals surface area contributed by atoms with Gasteiger partial charge in [0.2, 0.25) is 5.91 Å². The second-order valence-electron chi connectivity index (χ2n) is 7.69. The molecule has 0 bridgehead atoms. The van der Waals surface area contributed by atoms with Crippen LogP contribution in [0.5, 0.6) is 0 Å². The molecule has 1 spiro atoms. The van der Waals surface area contributed by atoms with Crippen LogP contribution < -0.4 is 5.32 Å². The number of thiophene rings is 1. The quantitative estimate of drug-likeness (QED) is 0.897. The molecule has 2 amide bonds. The number of benzene rings is 1. The maximum absolute atomic E-state index is 12.8. The van der Waals surface area contributed by atoms with Gasteiger partial charge < -0.3 is 10.2 Å². The number of amides is 2. The van der Waals surface area contributed by atoms with Gasteiger partial charge in [-0.15, -0.1) is 11.3 Å². The zero-order valence-corrected chi connectivity index (χ0v) is 16.1. The number of hydrogen-bond acceptors (Lipinski definition) is 3. The highest BCUT2D eigenvalue weighted by atomic mass is 32.1. The maximum Gasteiger partial charge on any atom is 0.253 e. The summed E-state index contributed by atoms with van der Waals surface area (Å²) >= 11 is 1.66. The lowest BCUT2D eigenvalue weighted by molar-refractivity contribution is -0.123. The highest BCUT2D eigenvalue weighted by Gasteiger charge is 2.61. The smallest absolute Gasteiger partial charge is 0.253 e. The van der Waals surface area contributed by atoms with Crippen LogP contribution in [0.1, 0.15) is 39.2 Å². The fourth-order valence-corrected chi connectivity index (χ4v) is 4.65. The van der Waals surface area contributed by atoms with Crippen LogP contribution in [0.25, 0.3) is 0 Å². The van der Waals surface area contributed by atoms with Gasteiger partial charge in [-0.25, -0.2) is 0 Å². The first-order valence-electron chi connectivity index (χ1n) is 9.15. The first-order valence-corrected chi connectivity index (χ1v) is 10.0. The summed E-state index contributed by atoms with van der Waals surface area (Å²) in [6, 6.07) is 9.92. The van der Waals surface area contributed by atoms with Crippen molar-refractivity contribution >= 4 is 23.2 Å². The van der Waals surface area contributed by atoms with E-state index < -0.39 is 0 Å². The number of aryl methyl sites for hydroxylation is 2. The highest BCUT2D eigenvalue weighted by molar-refractivity contribution is 7.09. The molecule has 1 saturated carbocycles. The van der Waals surface area contributed by atoms with Crippen molar-refractivity contribution in [1.82, 2.24) is 10.2 Å². The van der Waals surface area contributed by atoms with Gasteiger partial charge in [-0.1, -0.05) is 12.1 Å². The molecule has 2 aliphatic rings. The van der Waals surface area contributed by atoms with E-state index in [2.05, 4.69) is 12.2 Å². The average molecular weight is 369 g/mol. The zero-order chi connectivity index (χ0) is 18.3. The summed E-state index contributed by atoms with van der Waals surface area (Å²) < 4.78 is 0. The third-order valence-corrected chi connectivity index (χ3v) is 6.83. The Morgan fingerprint density at radius 2 is 2.12 bits per heavy atom. The molecule has 1 N–H and O–H groups in total. The topological polar surface area (TPSA) is 49.4 Å². The Kier molecular flexibility index (Phi) is 4.35. The Balaban J connectivity index is 1.35. The number of carbonyl (C=O) groups excluding carboxylic acids is 2. The largest absolute Gasteiger partial charge is 0.351 e. The van der Waals surface area contributed by atoms with Crippen LogP contribution in [0.4, 0.5) is 0 Å². The highest BCUT2D eigenvalue weighted by Crippen LogP contribution is 2.58. The molecule has 4 nitrogen and oxygen atoms in total. The molecule has 1 saturated heterocycles. The van der Waals surface area contributed by atoms with Crippen LogP contribution in [0.2, 0.25) is 0 Å². The standard InChI is InChI=1S/C21H24N2O2S/c1-14-5-6-16(10-15(14)2)20(25)23-8-7-21(13-23)11-18(21)19(24)22-12-17-4-3-9-26-17/h3-6,9-10,18H,7-8,11-13H2,1-2H3,(H,22,24)/t18-,21+/m0/s1. The van der Waals surface area contributed by atoms with E-state index in [9.17, 15) is 9.59 Å². The van der Waals surface area contributed by atoms with E-state index in [0.29, 0.717) is 13.1 Å². The second-order valence-corrected chi connectivity index (χ2v) is 8.72. The molecule has 1 aromatic carbocycles. The van der Waals surface area contributed by atoms with E-state index in [1.807, 2.05) is 47.5 Å². The molecule has 2 aromatic rings. The average Bonchev–Trinajstić information content (AvgIpc) is 2.98. The molecular weight excluding hydrogens is 344 g/mol. The molecule has 0 radical (unpaired) electrons. The maximum atomic E-state index is 12.8. The van der Waals surface area contributed by atoms with Gasteiger partial charge in [0, 0.05) is 34.9 Å². The molecule has 136 valence electrons. The van der Waals surface area contributed by atoms with Gasteiger partial charge in [0.25, 0.3) is 5.91 Å². The first-order chi connectivity index (χ1) is 12.5. The van der Waals surface area contributed by atoms with Crippen molar-refractivity contribution in [2.45, 2.75) is 33.2 Å². The Morgan fingerprint density at radius 1 is 1.27 bits per heavy atom. The van der Waals surface area contributed by atoms with Gasteiger partial charge in [0.15, 0.2) is 0 Å². The first kappa shape index (κ1) is 17.3. The van der Waals surface area contributed by atoms with Crippen molar-refractivity contribution in [2.75, 3.05) is 13.1 Å². The molecule has 2 atom stereocenters. The van der Waals surface area contributed by atoms with Crippen LogP contribution in [0, 0.1) is 25.2 Å². The second kappa shape index (κ2) is 6.54. The molecule has 1 aliphatic carbocycles. The SMILES string of the molecule is Cc1ccc(C(=O)N2CC[C@@]3(C[C@H]3C(=O)NCc3cccs3)C2)cc1C. The summed E-state index contributed by atoms with van der Waals surface area (Å²) in [5.41, 5.74) is 3.10. The molecule has 0 unspecified atom stereocenters. The minimum absolute atomic E-state index is 0.00886. The van der Waals surface area contributed by atoms with E-state index >= 15 is 0 Å². The Hall–Kier alpha value is -2.14.